The zero-order valence-corrected chi connectivity index (χ0v) is 13.7. The van der Waals surface area contributed by atoms with Gasteiger partial charge in [0.1, 0.15) is 0 Å². The maximum atomic E-state index is 3.56. The van der Waals surface area contributed by atoms with E-state index in [1.807, 2.05) is 0 Å². The van der Waals surface area contributed by atoms with E-state index in [9.17, 15) is 0 Å². The summed E-state index contributed by atoms with van der Waals surface area (Å²) in [5.74, 6) is 0. The van der Waals surface area contributed by atoms with Gasteiger partial charge >= 0.3 is 0 Å². The van der Waals surface area contributed by atoms with E-state index in [2.05, 4.69) is 25.6 Å². The van der Waals surface area contributed by atoms with Crippen LogP contribution in [0.3, 0.4) is 0 Å². The summed E-state index contributed by atoms with van der Waals surface area (Å²) in [7, 11) is 0. The third kappa shape index (κ3) is 18.8. The molecule has 0 atom stereocenters. The molecule has 0 spiro atoms. The van der Waals surface area contributed by atoms with Crippen LogP contribution in [0.25, 0.3) is 0 Å². The molecule has 18 heavy (non-hydrogen) atoms. The first kappa shape index (κ1) is 20.8. The third-order valence-electron chi connectivity index (χ3n) is 3.30. The zero-order chi connectivity index (χ0) is 12.6. The van der Waals surface area contributed by atoms with E-state index in [1.54, 1.807) is 0 Å². The molecule has 0 aliphatic carbocycles. The van der Waals surface area contributed by atoms with Gasteiger partial charge in [0.25, 0.3) is 0 Å². The minimum atomic E-state index is 0. The van der Waals surface area contributed by atoms with Crippen LogP contribution in [0.5, 0.6) is 0 Å². The van der Waals surface area contributed by atoms with Gasteiger partial charge in [0.05, 0.1) is 0 Å². The molecular weight excluding hydrogens is 262 g/mol. The first-order chi connectivity index (χ1) is 8.41. The Bertz CT molecular complexity index is 114. The van der Waals surface area contributed by atoms with Crippen molar-refractivity contribution in [3.05, 3.63) is 6.42 Å². The second kappa shape index (κ2) is 19.8. The maximum absolute atomic E-state index is 3.56. The van der Waals surface area contributed by atoms with Crippen molar-refractivity contribution >= 4 is 0 Å². The fourth-order valence-electron chi connectivity index (χ4n) is 2.11. The fraction of sp³-hybridized carbons (Fsp3) is 0.938. The average molecular weight is 296 g/mol. The largest absolute Gasteiger partial charge is 0.332 e. The molecule has 0 amide bonds. The van der Waals surface area contributed by atoms with Crippen LogP contribution in [0.4, 0.5) is 0 Å². The van der Waals surface area contributed by atoms with Crippen LogP contribution in [0, 0.1) is 6.42 Å². The molecule has 112 valence electrons. The molecule has 0 rings (SSSR count). The zero-order valence-electron chi connectivity index (χ0n) is 12.6. The van der Waals surface area contributed by atoms with Gasteiger partial charge < -0.3 is 11.7 Å². The molecule has 1 N–H and O–H groups in total. The fourth-order valence-corrected chi connectivity index (χ4v) is 2.11. The summed E-state index contributed by atoms with van der Waals surface area (Å²) in [6, 6.07) is 0. The van der Waals surface area contributed by atoms with Crippen molar-refractivity contribution in [2.45, 2.75) is 84.5 Å². The number of unbranched alkanes of at least 4 members (excludes halogenated alkanes) is 10. The van der Waals surface area contributed by atoms with Crippen LogP contribution in [0.2, 0.25) is 0 Å². The van der Waals surface area contributed by atoms with Gasteiger partial charge in [0, 0.05) is 17.1 Å². The minimum Gasteiger partial charge on any atom is -0.332 e. The van der Waals surface area contributed by atoms with Crippen molar-refractivity contribution in [3.63, 3.8) is 0 Å². The van der Waals surface area contributed by atoms with Crippen molar-refractivity contribution in [2.24, 2.45) is 0 Å². The Hall–Kier alpha value is 0.479. The summed E-state index contributed by atoms with van der Waals surface area (Å²) in [5, 5.41) is 3.56. The average Bonchev–Trinajstić information content (AvgIpc) is 2.35. The van der Waals surface area contributed by atoms with Crippen LogP contribution >= 0.6 is 0 Å². The summed E-state index contributed by atoms with van der Waals surface area (Å²) in [4.78, 5) is 0. The first-order valence-electron chi connectivity index (χ1n) is 7.90. The molecule has 0 saturated carbocycles. The van der Waals surface area contributed by atoms with E-state index in [4.69, 9.17) is 0 Å². The molecule has 0 bridgehead atoms. The van der Waals surface area contributed by atoms with E-state index in [1.165, 1.54) is 83.7 Å². The number of hydrogen-bond donors (Lipinski definition) is 1. The molecule has 2 heteroatoms. The predicted molar refractivity (Wildman–Crippen MR) is 79.3 cm³/mol. The van der Waals surface area contributed by atoms with Crippen molar-refractivity contribution in [3.8, 4) is 0 Å². The number of hydrogen-bond acceptors (Lipinski definition) is 1. The molecule has 0 unspecified atom stereocenters. The summed E-state index contributed by atoms with van der Waals surface area (Å²) < 4.78 is 0. The molecule has 0 fully saturated rings. The summed E-state index contributed by atoms with van der Waals surface area (Å²) in [5.41, 5.74) is 0. The van der Waals surface area contributed by atoms with Gasteiger partial charge in [-0.3, -0.25) is 0 Å². The summed E-state index contributed by atoms with van der Waals surface area (Å²) in [6.45, 7) is 6.89. The molecule has 0 aromatic heterocycles. The van der Waals surface area contributed by atoms with Gasteiger partial charge in [-0.1, -0.05) is 58.3 Å². The Morgan fingerprint density at radius 1 is 0.722 bits per heavy atom. The molecule has 0 aliphatic heterocycles. The number of rotatable bonds is 14. The van der Waals surface area contributed by atoms with Crippen LogP contribution in [-0.4, -0.2) is 13.1 Å². The van der Waals surface area contributed by atoms with Gasteiger partial charge in [-0.05, 0) is 25.9 Å². The van der Waals surface area contributed by atoms with E-state index in [0.29, 0.717) is 0 Å². The van der Waals surface area contributed by atoms with Crippen molar-refractivity contribution in [2.75, 3.05) is 13.1 Å². The van der Waals surface area contributed by atoms with Gasteiger partial charge in [-0.15, -0.1) is 0 Å². The van der Waals surface area contributed by atoms with Crippen LogP contribution < -0.4 is 5.32 Å². The summed E-state index contributed by atoms with van der Waals surface area (Å²) >= 11 is 0. The van der Waals surface area contributed by atoms with Gasteiger partial charge in [0.15, 0.2) is 0 Å². The van der Waals surface area contributed by atoms with E-state index in [-0.39, 0.29) is 17.1 Å². The van der Waals surface area contributed by atoms with Crippen molar-refractivity contribution < 1.29 is 17.1 Å². The van der Waals surface area contributed by atoms with E-state index >= 15 is 0 Å². The molecule has 0 aromatic carbocycles. The molecule has 0 aliphatic rings. The minimum absolute atomic E-state index is 0. The first-order valence-corrected chi connectivity index (χ1v) is 7.90. The second-order valence-corrected chi connectivity index (χ2v) is 5.13. The monoisotopic (exact) mass is 296 g/mol. The molecule has 0 radical (unpaired) electrons. The Morgan fingerprint density at radius 2 is 1.22 bits per heavy atom. The Kier molecular flexibility index (Phi) is 22.9. The van der Waals surface area contributed by atoms with Gasteiger partial charge in [0.2, 0.25) is 0 Å². The SMILES string of the molecule is C[CH-]CCCCCCNCCCCCCCC.[Fe]. The molecule has 0 aromatic rings. The molecule has 1 nitrogen and oxygen atoms in total. The predicted octanol–water partition coefficient (Wildman–Crippen LogP) is 5.11. The Labute approximate surface area is 126 Å². The second-order valence-electron chi connectivity index (χ2n) is 5.13. The van der Waals surface area contributed by atoms with Crippen LogP contribution in [0.15, 0.2) is 0 Å². The van der Waals surface area contributed by atoms with Gasteiger partial charge in [-0.2, -0.15) is 13.3 Å². The topological polar surface area (TPSA) is 12.0 Å². The van der Waals surface area contributed by atoms with Crippen molar-refractivity contribution in [1.29, 1.82) is 0 Å². The van der Waals surface area contributed by atoms with Crippen LogP contribution in [0.1, 0.15) is 84.5 Å². The van der Waals surface area contributed by atoms with E-state index < -0.39 is 0 Å². The Balaban J connectivity index is 0. The summed E-state index contributed by atoms with van der Waals surface area (Å²) in [6.07, 6.45) is 17.5. The van der Waals surface area contributed by atoms with Gasteiger partial charge in [-0.25, -0.2) is 0 Å². The molecular formula is C16H34FeN-. The maximum Gasteiger partial charge on any atom is 0 e. The normalized spacial score (nSPS) is 10.3. The third-order valence-corrected chi connectivity index (χ3v) is 3.30. The van der Waals surface area contributed by atoms with E-state index in [0.717, 1.165) is 0 Å². The standard InChI is InChI=1S/C16H34N.Fe/c1-3-5-7-9-11-13-15-17-16-14-12-10-8-6-4-2;/h3,17H,4-16H2,1-2H3;/q-1;. The van der Waals surface area contributed by atoms with Crippen LogP contribution in [-0.2, 0) is 17.1 Å². The molecule has 0 heterocycles. The van der Waals surface area contributed by atoms with Crippen molar-refractivity contribution in [1.82, 2.24) is 5.32 Å². The Morgan fingerprint density at radius 3 is 1.78 bits per heavy atom. The quantitative estimate of drug-likeness (QED) is 0.267. The molecule has 0 saturated heterocycles. The smallest absolute Gasteiger partial charge is 0 e. The number of nitrogens with one attached hydrogen (secondary N) is 1.